The number of para-hydroxylation sites is 2. The first kappa shape index (κ1) is 18.5. The first-order valence-corrected chi connectivity index (χ1v) is 9.66. The van der Waals surface area contributed by atoms with Gasteiger partial charge in [0.15, 0.2) is 0 Å². The number of anilines is 1. The third kappa shape index (κ3) is 4.67. The van der Waals surface area contributed by atoms with Crippen LogP contribution in [-0.4, -0.2) is 43.6 Å². The fourth-order valence-electron chi connectivity index (χ4n) is 3.01. The summed E-state index contributed by atoms with van der Waals surface area (Å²) >= 11 is 3.41. The van der Waals surface area contributed by atoms with E-state index < -0.39 is 0 Å². The Balaban J connectivity index is 1.58. The molecule has 0 saturated carbocycles. The molecule has 3 rings (SSSR count). The van der Waals surface area contributed by atoms with Crippen LogP contribution in [0.2, 0.25) is 0 Å². The number of carbonyl (C=O) groups excluding carboxylic acids is 1. The average molecular weight is 415 g/mol. The van der Waals surface area contributed by atoms with Gasteiger partial charge < -0.3 is 14.5 Å². The predicted octanol–water partition coefficient (Wildman–Crippen LogP) is 4.21. The molecule has 0 atom stereocenters. The zero-order valence-electron chi connectivity index (χ0n) is 14.9. The van der Waals surface area contributed by atoms with E-state index in [0.717, 1.165) is 34.6 Å². The van der Waals surface area contributed by atoms with Gasteiger partial charge in [-0.25, -0.2) is 0 Å². The van der Waals surface area contributed by atoms with Crippen molar-refractivity contribution < 1.29 is 9.53 Å². The highest BCUT2D eigenvalue weighted by molar-refractivity contribution is 9.10. The van der Waals surface area contributed by atoms with Crippen LogP contribution in [0.5, 0.6) is 5.75 Å². The number of hydrogen-bond donors (Lipinski definition) is 0. The van der Waals surface area contributed by atoms with Crippen molar-refractivity contribution >= 4 is 33.6 Å². The summed E-state index contributed by atoms with van der Waals surface area (Å²) < 4.78 is 6.76. The fraction of sp³-hybridized carbons (Fsp3) is 0.286. The van der Waals surface area contributed by atoms with Crippen molar-refractivity contribution in [3.8, 4) is 5.75 Å². The summed E-state index contributed by atoms with van der Waals surface area (Å²) in [4.78, 5) is 16.6. The lowest BCUT2D eigenvalue weighted by Gasteiger charge is -2.36. The lowest BCUT2D eigenvalue weighted by molar-refractivity contribution is -0.126. The van der Waals surface area contributed by atoms with E-state index in [1.54, 1.807) is 6.08 Å². The average Bonchev–Trinajstić information content (AvgIpc) is 2.68. The number of piperazine rings is 1. The molecule has 0 aliphatic carbocycles. The maximum atomic E-state index is 12.4. The van der Waals surface area contributed by atoms with Crippen molar-refractivity contribution in [2.24, 2.45) is 0 Å². The normalized spacial score (nSPS) is 14.7. The summed E-state index contributed by atoms with van der Waals surface area (Å²) in [5.74, 6) is 0.968. The van der Waals surface area contributed by atoms with Crippen LogP contribution >= 0.6 is 15.9 Å². The molecule has 1 fully saturated rings. The van der Waals surface area contributed by atoms with E-state index >= 15 is 0 Å². The summed E-state index contributed by atoms with van der Waals surface area (Å²) in [6.45, 7) is 5.68. The van der Waals surface area contributed by atoms with Crippen LogP contribution in [0, 0.1) is 0 Å². The van der Waals surface area contributed by atoms with Crippen LogP contribution in [0.15, 0.2) is 59.1 Å². The molecule has 0 bridgehead atoms. The Kier molecular flexibility index (Phi) is 6.34. The number of nitrogens with zero attached hydrogens (tertiary/aromatic N) is 2. The molecule has 1 saturated heterocycles. The minimum Gasteiger partial charge on any atom is -0.492 e. The predicted molar refractivity (Wildman–Crippen MR) is 110 cm³/mol. The van der Waals surface area contributed by atoms with Gasteiger partial charge in [0, 0.05) is 36.7 Å². The topological polar surface area (TPSA) is 32.8 Å². The maximum Gasteiger partial charge on any atom is 0.246 e. The van der Waals surface area contributed by atoms with Crippen LogP contribution in [-0.2, 0) is 4.79 Å². The molecule has 5 heteroatoms. The largest absolute Gasteiger partial charge is 0.492 e. The van der Waals surface area contributed by atoms with E-state index in [1.807, 2.05) is 60.4 Å². The van der Waals surface area contributed by atoms with Crippen molar-refractivity contribution in [1.29, 1.82) is 0 Å². The molecule has 1 amide bonds. The molecule has 0 N–H and O–H groups in total. The van der Waals surface area contributed by atoms with Gasteiger partial charge in [0.2, 0.25) is 5.91 Å². The van der Waals surface area contributed by atoms with Gasteiger partial charge in [-0.1, -0.05) is 40.2 Å². The summed E-state index contributed by atoms with van der Waals surface area (Å²) in [6.07, 6.45) is 3.53. The zero-order chi connectivity index (χ0) is 18.4. The number of ether oxygens (including phenoxy) is 1. The van der Waals surface area contributed by atoms with Gasteiger partial charge in [-0.3, -0.25) is 4.79 Å². The SMILES string of the molecule is CCOc1ccccc1N1CCN(C(=O)C=Cc2ccc(Br)cc2)CC1. The number of rotatable bonds is 5. The molecule has 1 heterocycles. The van der Waals surface area contributed by atoms with Crippen LogP contribution in [0.3, 0.4) is 0 Å². The Morgan fingerprint density at radius 3 is 2.46 bits per heavy atom. The molecular formula is C21H23BrN2O2. The van der Waals surface area contributed by atoms with E-state index in [0.29, 0.717) is 19.7 Å². The third-order valence-electron chi connectivity index (χ3n) is 4.39. The lowest BCUT2D eigenvalue weighted by atomic mass is 10.2. The Bertz CT molecular complexity index is 766. The zero-order valence-corrected chi connectivity index (χ0v) is 16.5. The van der Waals surface area contributed by atoms with Gasteiger partial charge in [0.25, 0.3) is 0 Å². The third-order valence-corrected chi connectivity index (χ3v) is 4.91. The van der Waals surface area contributed by atoms with Gasteiger partial charge in [-0.15, -0.1) is 0 Å². The molecule has 136 valence electrons. The summed E-state index contributed by atoms with van der Waals surface area (Å²) in [6, 6.07) is 16.0. The highest BCUT2D eigenvalue weighted by Gasteiger charge is 2.21. The Hall–Kier alpha value is -2.27. The van der Waals surface area contributed by atoms with Gasteiger partial charge in [-0.2, -0.15) is 0 Å². The second-order valence-electron chi connectivity index (χ2n) is 6.10. The molecule has 1 aliphatic heterocycles. The number of hydrogen-bond acceptors (Lipinski definition) is 3. The van der Waals surface area contributed by atoms with Gasteiger partial charge in [0.05, 0.1) is 12.3 Å². The van der Waals surface area contributed by atoms with E-state index in [1.165, 1.54) is 0 Å². The highest BCUT2D eigenvalue weighted by Crippen LogP contribution is 2.28. The number of halogens is 1. The first-order valence-electron chi connectivity index (χ1n) is 8.86. The van der Waals surface area contributed by atoms with Gasteiger partial charge in [0.1, 0.15) is 5.75 Å². The number of carbonyl (C=O) groups is 1. The molecule has 26 heavy (non-hydrogen) atoms. The molecule has 0 spiro atoms. The van der Waals surface area contributed by atoms with E-state index in [9.17, 15) is 4.79 Å². The standard InChI is InChI=1S/C21H23BrN2O2/c1-2-26-20-6-4-3-5-19(20)23-13-15-24(16-14-23)21(25)12-9-17-7-10-18(22)11-8-17/h3-12H,2,13-16H2,1H3. The van der Waals surface area contributed by atoms with E-state index in [2.05, 4.69) is 26.9 Å². The molecule has 2 aromatic carbocycles. The number of benzene rings is 2. The van der Waals surface area contributed by atoms with E-state index in [4.69, 9.17) is 4.74 Å². The second-order valence-corrected chi connectivity index (χ2v) is 7.01. The fourth-order valence-corrected chi connectivity index (χ4v) is 3.27. The molecule has 0 radical (unpaired) electrons. The minimum atomic E-state index is 0.0608. The quantitative estimate of drug-likeness (QED) is 0.686. The molecule has 0 unspecified atom stereocenters. The van der Waals surface area contributed by atoms with Crippen molar-refractivity contribution in [2.75, 3.05) is 37.7 Å². The Morgan fingerprint density at radius 1 is 1.08 bits per heavy atom. The Labute approximate surface area is 163 Å². The Morgan fingerprint density at radius 2 is 1.77 bits per heavy atom. The lowest BCUT2D eigenvalue weighted by Crippen LogP contribution is -2.48. The van der Waals surface area contributed by atoms with Crippen molar-refractivity contribution in [2.45, 2.75) is 6.92 Å². The van der Waals surface area contributed by atoms with E-state index in [-0.39, 0.29) is 5.91 Å². The van der Waals surface area contributed by atoms with Crippen molar-refractivity contribution in [3.63, 3.8) is 0 Å². The minimum absolute atomic E-state index is 0.0608. The van der Waals surface area contributed by atoms with Crippen molar-refractivity contribution in [3.05, 3.63) is 64.6 Å². The van der Waals surface area contributed by atoms with Crippen LogP contribution in [0.1, 0.15) is 12.5 Å². The smallest absolute Gasteiger partial charge is 0.246 e. The van der Waals surface area contributed by atoms with Crippen LogP contribution < -0.4 is 9.64 Å². The summed E-state index contributed by atoms with van der Waals surface area (Å²) in [7, 11) is 0. The van der Waals surface area contributed by atoms with Gasteiger partial charge >= 0.3 is 0 Å². The van der Waals surface area contributed by atoms with Gasteiger partial charge in [-0.05, 0) is 42.8 Å². The number of amides is 1. The maximum absolute atomic E-state index is 12.4. The molecule has 4 nitrogen and oxygen atoms in total. The molecule has 1 aliphatic rings. The van der Waals surface area contributed by atoms with Crippen molar-refractivity contribution in [1.82, 2.24) is 4.90 Å². The van der Waals surface area contributed by atoms with Crippen LogP contribution in [0.4, 0.5) is 5.69 Å². The highest BCUT2D eigenvalue weighted by atomic mass is 79.9. The first-order chi connectivity index (χ1) is 12.7. The molecule has 2 aromatic rings. The second kappa shape index (κ2) is 8.90. The van der Waals surface area contributed by atoms with Crippen LogP contribution in [0.25, 0.3) is 6.08 Å². The monoisotopic (exact) mass is 414 g/mol. The summed E-state index contributed by atoms with van der Waals surface area (Å²) in [5.41, 5.74) is 2.12. The molecular weight excluding hydrogens is 392 g/mol. The summed E-state index contributed by atoms with van der Waals surface area (Å²) in [5, 5.41) is 0. The molecule has 0 aromatic heterocycles.